The third-order valence-electron chi connectivity index (χ3n) is 2.93. The number of rotatable bonds is 0. The first-order chi connectivity index (χ1) is 6.63. The first kappa shape index (κ1) is 10.3. The SMILES string of the molecule is Cc1c(Br)c(O)c(Cl)c2c1CCCC2. The van der Waals surface area contributed by atoms with Crippen LogP contribution in [0.3, 0.4) is 0 Å². The van der Waals surface area contributed by atoms with E-state index in [2.05, 4.69) is 15.9 Å². The summed E-state index contributed by atoms with van der Waals surface area (Å²) in [5, 5.41) is 10.3. The van der Waals surface area contributed by atoms with Gasteiger partial charge in [-0.3, -0.25) is 0 Å². The van der Waals surface area contributed by atoms with Gasteiger partial charge in [-0.15, -0.1) is 0 Å². The molecule has 0 atom stereocenters. The number of phenolic OH excluding ortho intramolecular Hbond substituents is 1. The van der Waals surface area contributed by atoms with E-state index in [4.69, 9.17) is 11.6 Å². The summed E-state index contributed by atoms with van der Waals surface area (Å²) in [4.78, 5) is 0. The summed E-state index contributed by atoms with van der Waals surface area (Å²) in [5.41, 5.74) is 3.61. The van der Waals surface area contributed by atoms with Crippen molar-refractivity contribution in [3.63, 3.8) is 0 Å². The van der Waals surface area contributed by atoms with Crippen molar-refractivity contribution in [1.29, 1.82) is 0 Å². The number of fused-ring (bicyclic) bond motifs is 1. The predicted octanol–water partition coefficient (Wildman–Crippen LogP) is 4.00. The maximum atomic E-state index is 9.76. The average Bonchev–Trinajstić information content (AvgIpc) is 2.23. The van der Waals surface area contributed by atoms with Crippen LogP contribution in [-0.2, 0) is 12.8 Å². The van der Waals surface area contributed by atoms with Crippen LogP contribution >= 0.6 is 27.5 Å². The molecule has 0 amide bonds. The summed E-state index contributed by atoms with van der Waals surface area (Å²) in [6.07, 6.45) is 4.48. The molecule has 0 radical (unpaired) electrons. The summed E-state index contributed by atoms with van der Waals surface area (Å²) in [6.45, 7) is 2.03. The van der Waals surface area contributed by atoms with Crippen LogP contribution in [0.25, 0.3) is 0 Å². The molecule has 0 fully saturated rings. The Labute approximate surface area is 97.2 Å². The molecule has 0 heterocycles. The zero-order valence-corrected chi connectivity index (χ0v) is 10.4. The van der Waals surface area contributed by atoms with Gasteiger partial charge in [0.15, 0.2) is 0 Å². The molecule has 1 N–H and O–H groups in total. The number of phenols is 1. The van der Waals surface area contributed by atoms with Crippen LogP contribution in [-0.4, -0.2) is 5.11 Å². The van der Waals surface area contributed by atoms with E-state index in [0.29, 0.717) is 5.02 Å². The van der Waals surface area contributed by atoms with E-state index in [1.54, 1.807) is 0 Å². The first-order valence-electron chi connectivity index (χ1n) is 4.81. The lowest BCUT2D eigenvalue weighted by Crippen LogP contribution is -2.06. The lowest BCUT2D eigenvalue weighted by Gasteiger charge is -2.21. The van der Waals surface area contributed by atoms with Crippen molar-refractivity contribution in [3.05, 3.63) is 26.2 Å². The Hall–Kier alpha value is -0.210. The maximum Gasteiger partial charge on any atom is 0.148 e. The third kappa shape index (κ3) is 1.45. The van der Waals surface area contributed by atoms with Crippen molar-refractivity contribution in [3.8, 4) is 5.75 Å². The summed E-state index contributed by atoms with van der Waals surface area (Å²) in [6, 6.07) is 0. The second-order valence-corrected chi connectivity index (χ2v) is 4.94. The van der Waals surface area contributed by atoms with Gasteiger partial charge in [0.2, 0.25) is 0 Å². The Balaban J connectivity index is 2.71. The molecule has 0 aliphatic heterocycles. The molecule has 0 aromatic heterocycles. The zero-order chi connectivity index (χ0) is 10.3. The largest absolute Gasteiger partial charge is 0.505 e. The maximum absolute atomic E-state index is 9.76. The number of hydrogen-bond acceptors (Lipinski definition) is 1. The quantitative estimate of drug-likeness (QED) is 0.759. The van der Waals surface area contributed by atoms with E-state index in [1.807, 2.05) is 6.92 Å². The van der Waals surface area contributed by atoms with Gasteiger partial charge in [0.05, 0.1) is 9.50 Å². The molecular formula is C11H12BrClO. The molecule has 0 saturated carbocycles. The Morgan fingerprint density at radius 3 is 2.43 bits per heavy atom. The van der Waals surface area contributed by atoms with Gasteiger partial charge < -0.3 is 5.11 Å². The Kier molecular flexibility index (Phi) is 2.76. The molecule has 14 heavy (non-hydrogen) atoms. The van der Waals surface area contributed by atoms with E-state index in [9.17, 15) is 5.11 Å². The fraction of sp³-hybridized carbons (Fsp3) is 0.455. The minimum Gasteiger partial charge on any atom is -0.505 e. The summed E-state index contributed by atoms with van der Waals surface area (Å²) < 4.78 is 0.753. The van der Waals surface area contributed by atoms with E-state index in [-0.39, 0.29) is 5.75 Å². The number of halogens is 2. The highest BCUT2D eigenvalue weighted by Gasteiger charge is 2.20. The predicted molar refractivity (Wildman–Crippen MR) is 62.2 cm³/mol. The first-order valence-corrected chi connectivity index (χ1v) is 5.98. The van der Waals surface area contributed by atoms with Gasteiger partial charge in [-0.05, 0) is 65.2 Å². The summed E-state index contributed by atoms with van der Waals surface area (Å²) in [7, 11) is 0. The molecule has 1 aliphatic carbocycles. The Morgan fingerprint density at radius 2 is 1.79 bits per heavy atom. The van der Waals surface area contributed by atoms with Gasteiger partial charge >= 0.3 is 0 Å². The summed E-state index contributed by atoms with van der Waals surface area (Å²) in [5.74, 6) is 0.199. The van der Waals surface area contributed by atoms with E-state index in [1.165, 1.54) is 18.4 Å². The van der Waals surface area contributed by atoms with Gasteiger partial charge in [0.25, 0.3) is 0 Å². The monoisotopic (exact) mass is 274 g/mol. The zero-order valence-electron chi connectivity index (χ0n) is 8.03. The molecular weight excluding hydrogens is 263 g/mol. The van der Waals surface area contributed by atoms with E-state index in [0.717, 1.165) is 28.4 Å². The van der Waals surface area contributed by atoms with Crippen LogP contribution < -0.4 is 0 Å². The van der Waals surface area contributed by atoms with Crippen molar-refractivity contribution in [2.75, 3.05) is 0 Å². The fourth-order valence-electron chi connectivity index (χ4n) is 2.11. The number of aromatic hydroxyl groups is 1. The number of benzene rings is 1. The van der Waals surface area contributed by atoms with E-state index >= 15 is 0 Å². The Bertz CT molecular complexity index is 351. The molecule has 0 spiro atoms. The lowest BCUT2D eigenvalue weighted by molar-refractivity contribution is 0.469. The third-order valence-corrected chi connectivity index (χ3v) is 4.31. The second-order valence-electron chi connectivity index (χ2n) is 3.77. The second kappa shape index (κ2) is 3.74. The molecule has 0 saturated heterocycles. The summed E-state index contributed by atoms with van der Waals surface area (Å²) >= 11 is 9.48. The van der Waals surface area contributed by atoms with Gasteiger partial charge in [-0.1, -0.05) is 11.6 Å². The number of hydrogen-bond donors (Lipinski definition) is 1. The van der Waals surface area contributed by atoms with E-state index < -0.39 is 0 Å². The fourth-order valence-corrected chi connectivity index (χ4v) is 2.97. The highest BCUT2D eigenvalue weighted by molar-refractivity contribution is 9.10. The van der Waals surface area contributed by atoms with Crippen molar-refractivity contribution in [2.24, 2.45) is 0 Å². The molecule has 2 rings (SSSR count). The van der Waals surface area contributed by atoms with Crippen LogP contribution in [0.4, 0.5) is 0 Å². The van der Waals surface area contributed by atoms with Crippen molar-refractivity contribution >= 4 is 27.5 Å². The minimum absolute atomic E-state index is 0.199. The molecule has 1 aromatic rings. The molecule has 1 aliphatic rings. The van der Waals surface area contributed by atoms with Crippen LogP contribution in [0.1, 0.15) is 29.5 Å². The molecule has 0 unspecified atom stereocenters. The van der Waals surface area contributed by atoms with Crippen molar-refractivity contribution in [2.45, 2.75) is 32.6 Å². The minimum atomic E-state index is 0.199. The molecule has 1 nitrogen and oxygen atoms in total. The van der Waals surface area contributed by atoms with Crippen LogP contribution in [0, 0.1) is 6.92 Å². The van der Waals surface area contributed by atoms with Crippen LogP contribution in [0.5, 0.6) is 5.75 Å². The highest BCUT2D eigenvalue weighted by Crippen LogP contribution is 2.42. The molecule has 0 bridgehead atoms. The Morgan fingerprint density at radius 1 is 1.21 bits per heavy atom. The van der Waals surface area contributed by atoms with Gasteiger partial charge in [0.1, 0.15) is 5.75 Å². The van der Waals surface area contributed by atoms with Crippen molar-refractivity contribution < 1.29 is 5.11 Å². The molecule has 76 valence electrons. The van der Waals surface area contributed by atoms with Crippen LogP contribution in [0.15, 0.2) is 4.47 Å². The smallest absolute Gasteiger partial charge is 0.148 e. The lowest BCUT2D eigenvalue weighted by atomic mass is 9.88. The normalized spacial score (nSPS) is 15.4. The van der Waals surface area contributed by atoms with Gasteiger partial charge in [-0.25, -0.2) is 0 Å². The standard InChI is InChI=1S/C11H12BrClO/c1-6-7-4-2-3-5-8(7)10(13)11(14)9(6)12/h14H,2-5H2,1H3. The average molecular weight is 276 g/mol. The molecule has 1 aromatic carbocycles. The molecule has 3 heteroatoms. The highest BCUT2D eigenvalue weighted by atomic mass is 79.9. The van der Waals surface area contributed by atoms with Crippen LogP contribution in [0.2, 0.25) is 5.02 Å². The van der Waals surface area contributed by atoms with Gasteiger partial charge in [-0.2, -0.15) is 0 Å². The van der Waals surface area contributed by atoms with Crippen molar-refractivity contribution in [1.82, 2.24) is 0 Å². The van der Waals surface area contributed by atoms with Gasteiger partial charge in [0, 0.05) is 0 Å². The topological polar surface area (TPSA) is 20.2 Å².